The van der Waals surface area contributed by atoms with Crippen LogP contribution >= 0.6 is 0 Å². The summed E-state index contributed by atoms with van der Waals surface area (Å²) in [6.45, 7) is 10.5. The van der Waals surface area contributed by atoms with Gasteiger partial charge >= 0.3 is 0 Å². The number of imide groups is 1. The van der Waals surface area contributed by atoms with Crippen LogP contribution in [0.1, 0.15) is 52.1 Å². The van der Waals surface area contributed by atoms with Gasteiger partial charge in [-0.1, -0.05) is 6.07 Å². The van der Waals surface area contributed by atoms with Gasteiger partial charge < -0.3 is 19.7 Å². The topological polar surface area (TPSA) is 110 Å². The molecule has 4 aliphatic heterocycles. The number of nitrogens with one attached hydrogen (secondary N) is 2. The van der Waals surface area contributed by atoms with Crippen molar-refractivity contribution in [2.45, 2.75) is 38.3 Å². The molecular weight excluding hydrogens is 460 g/mol. The van der Waals surface area contributed by atoms with Crippen LogP contribution in [0.25, 0.3) is 4.85 Å². The lowest BCUT2D eigenvalue weighted by atomic mass is 9.71. The minimum atomic E-state index is -0.620. The SMILES string of the molecule is [C-]#[N+]c1c[nH]c(C(=O)N2CCC3(CC2)CN(c2cccc4c2CN(C2CCC(=O)NC2=O)C4=O)C3)c1. The van der Waals surface area contributed by atoms with Crippen molar-refractivity contribution < 1.29 is 19.2 Å². The van der Waals surface area contributed by atoms with Gasteiger partial charge in [-0.05, 0) is 37.5 Å². The van der Waals surface area contributed by atoms with E-state index in [2.05, 4.69) is 20.0 Å². The standard InChI is InChI=1S/C26H26N6O4/c1-27-16-11-19(28-12-16)25(36)30-9-7-26(8-10-30)14-31(15-26)20-4-2-3-17-18(20)13-32(24(17)35)21-5-6-22(33)29-23(21)34/h2-4,11-12,21,28H,5-10,13-15H2,(H,29,33,34). The molecule has 4 amide bonds. The van der Waals surface area contributed by atoms with Crippen LogP contribution in [-0.2, 0) is 16.1 Å². The van der Waals surface area contributed by atoms with Crippen molar-refractivity contribution in [1.82, 2.24) is 20.1 Å². The number of piperidine rings is 2. The Kier molecular flexibility index (Phi) is 5.10. The van der Waals surface area contributed by atoms with Crippen molar-refractivity contribution in [2.75, 3.05) is 31.1 Å². The molecule has 1 unspecified atom stereocenters. The number of amides is 4. The van der Waals surface area contributed by atoms with Crippen LogP contribution in [0.4, 0.5) is 11.4 Å². The molecule has 1 aromatic heterocycles. The molecule has 6 rings (SSSR count). The second kappa shape index (κ2) is 8.22. The van der Waals surface area contributed by atoms with Gasteiger partial charge in [0.15, 0.2) is 0 Å². The average molecular weight is 487 g/mol. The van der Waals surface area contributed by atoms with Crippen molar-refractivity contribution in [1.29, 1.82) is 0 Å². The quantitative estimate of drug-likeness (QED) is 0.510. The van der Waals surface area contributed by atoms with E-state index in [1.165, 1.54) is 0 Å². The smallest absolute Gasteiger partial charge is 0.268 e. The minimum Gasteiger partial charge on any atom is -0.370 e. The third-order valence-electron chi connectivity index (χ3n) is 8.09. The van der Waals surface area contributed by atoms with Crippen LogP contribution in [0, 0.1) is 12.0 Å². The van der Waals surface area contributed by atoms with Crippen molar-refractivity contribution in [3.63, 3.8) is 0 Å². The number of rotatable bonds is 3. The molecule has 1 spiro atoms. The first-order chi connectivity index (χ1) is 17.4. The number of fused-ring (bicyclic) bond motifs is 1. The number of carbonyl (C=O) groups excluding carboxylic acids is 4. The lowest BCUT2D eigenvalue weighted by Gasteiger charge is -2.55. The number of carbonyl (C=O) groups is 4. The maximum absolute atomic E-state index is 13.1. The lowest BCUT2D eigenvalue weighted by molar-refractivity contribution is -0.136. The predicted molar refractivity (Wildman–Crippen MR) is 129 cm³/mol. The fraction of sp³-hybridized carbons (Fsp3) is 0.423. The van der Waals surface area contributed by atoms with Crippen molar-refractivity contribution in [3.05, 3.63) is 58.7 Å². The predicted octanol–water partition coefficient (Wildman–Crippen LogP) is 2.07. The molecule has 184 valence electrons. The molecule has 2 aromatic rings. The summed E-state index contributed by atoms with van der Waals surface area (Å²) in [7, 11) is 0. The Morgan fingerprint density at radius 2 is 1.92 bits per heavy atom. The van der Waals surface area contributed by atoms with Gasteiger partial charge in [0.25, 0.3) is 11.8 Å². The maximum Gasteiger partial charge on any atom is 0.268 e. The molecule has 3 fully saturated rings. The second-order valence-corrected chi connectivity index (χ2v) is 10.2. The van der Waals surface area contributed by atoms with Gasteiger partial charge in [-0.2, -0.15) is 0 Å². The Hall–Kier alpha value is -4.13. The fourth-order valence-corrected chi connectivity index (χ4v) is 6.04. The molecule has 0 radical (unpaired) electrons. The molecule has 5 heterocycles. The van der Waals surface area contributed by atoms with Crippen molar-refractivity contribution in [2.24, 2.45) is 5.41 Å². The lowest BCUT2D eigenvalue weighted by Crippen LogP contribution is -2.61. The Bertz CT molecular complexity index is 1320. The highest BCUT2D eigenvalue weighted by Crippen LogP contribution is 2.45. The Balaban J connectivity index is 1.11. The number of anilines is 1. The summed E-state index contributed by atoms with van der Waals surface area (Å²) in [5.74, 6) is -0.915. The van der Waals surface area contributed by atoms with Gasteiger partial charge in [0.2, 0.25) is 17.5 Å². The Morgan fingerprint density at radius 3 is 2.61 bits per heavy atom. The Morgan fingerprint density at radius 1 is 1.14 bits per heavy atom. The number of hydrogen-bond donors (Lipinski definition) is 2. The van der Waals surface area contributed by atoms with Crippen molar-refractivity contribution >= 4 is 35.0 Å². The number of aromatic nitrogens is 1. The summed E-state index contributed by atoms with van der Waals surface area (Å²) >= 11 is 0. The van der Waals surface area contributed by atoms with Gasteiger partial charge in [-0.3, -0.25) is 24.5 Å². The largest absolute Gasteiger partial charge is 0.370 e. The molecule has 4 aliphatic rings. The minimum absolute atomic E-state index is 0.0659. The molecule has 1 aromatic carbocycles. The molecule has 0 bridgehead atoms. The van der Waals surface area contributed by atoms with Crippen LogP contribution in [0.5, 0.6) is 0 Å². The molecule has 1 atom stereocenters. The molecular formula is C26H26N6O4. The first-order valence-electron chi connectivity index (χ1n) is 12.2. The van der Waals surface area contributed by atoms with E-state index in [0.29, 0.717) is 43.0 Å². The van der Waals surface area contributed by atoms with E-state index in [-0.39, 0.29) is 29.6 Å². The zero-order valence-corrected chi connectivity index (χ0v) is 19.7. The van der Waals surface area contributed by atoms with E-state index in [1.54, 1.807) is 17.2 Å². The third-order valence-corrected chi connectivity index (χ3v) is 8.09. The first-order valence-corrected chi connectivity index (χ1v) is 12.2. The fourth-order valence-electron chi connectivity index (χ4n) is 6.04. The summed E-state index contributed by atoms with van der Waals surface area (Å²) < 4.78 is 0. The molecule has 10 heteroatoms. The zero-order valence-electron chi connectivity index (χ0n) is 19.7. The van der Waals surface area contributed by atoms with Gasteiger partial charge in [-0.25, -0.2) is 4.85 Å². The third kappa shape index (κ3) is 3.54. The number of benzene rings is 1. The van der Waals surface area contributed by atoms with E-state index >= 15 is 0 Å². The second-order valence-electron chi connectivity index (χ2n) is 10.2. The summed E-state index contributed by atoms with van der Waals surface area (Å²) in [4.78, 5) is 61.8. The monoisotopic (exact) mass is 486 g/mol. The van der Waals surface area contributed by atoms with E-state index in [4.69, 9.17) is 6.57 Å². The molecule has 0 saturated carbocycles. The molecule has 3 saturated heterocycles. The summed E-state index contributed by atoms with van der Waals surface area (Å²) in [5, 5.41) is 2.35. The van der Waals surface area contributed by atoms with Crippen LogP contribution < -0.4 is 10.2 Å². The summed E-state index contributed by atoms with van der Waals surface area (Å²) in [5.41, 5.74) is 3.63. The highest BCUT2D eigenvalue weighted by Gasteiger charge is 2.47. The number of likely N-dealkylation sites (tertiary alicyclic amines) is 1. The number of H-pyrrole nitrogens is 1. The van der Waals surface area contributed by atoms with E-state index < -0.39 is 11.9 Å². The van der Waals surface area contributed by atoms with Crippen LogP contribution in [-0.4, -0.2) is 70.6 Å². The van der Waals surface area contributed by atoms with E-state index in [9.17, 15) is 19.2 Å². The number of hydrogen-bond acceptors (Lipinski definition) is 5. The van der Waals surface area contributed by atoms with Crippen LogP contribution in [0.15, 0.2) is 30.5 Å². The van der Waals surface area contributed by atoms with Crippen LogP contribution in [0.2, 0.25) is 0 Å². The molecule has 36 heavy (non-hydrogen) atoms. The molecule has 0 aliphatic carbocycles. The van der Waals surface area contributed by atoms with E-state index in [0.717, 1.165) is 37.2 Å². The normalized spacial score (nSPS) is 22.8. The summed E-state index contributed by atoms with van der Waals surface area (Å²) in [6.07, 6.45) is 3.95. The van der Waals surface area contributed by atoms with Gasteiger partial charge in [0, 0.05) is 67.6 Å². The zero-order chi connectivity index (χ0) is 25.0. The first kappa shape index (κ1) is 22.3. The van der Waals surface area contributed by atoms with E-state index in [1.807, 2.05) is 23.1 Å². The van der Waals surface area contributed by atoms with Crippen LogP contribution in [0.3, 0.4) is 0 Å². The highest BCUT2D eigenvalue weighted by atomic mass is 16.2. The summed E-state index contributed by atoms with van der Waals surface area (Å²) in [6, 6.07) is 6.71. The van der Waals surface area contributed by atoms with Gasteiger partial charge in [0.05, 0.1) is 12.3 Å². The number of aromatic amines is 1. The average Bonchev–Trinajstić information content (AvgIpc) is 3.47. The Labute approximate surface area is 208 Å². The maximum atomic E-state index is 13.1. The van der Waals surface area contributed by atoms with Gasteiger partial charge in [0.1, 0.15) is 6.04 Å². The number of nitrogens with zero attached hydrogens (tertiary/aromatic N) is 4. The molecule has 10 nitrogen and oxygen atoms in total. The van der Waals surface area contributed by atoms with Crippen molar-refractivity contribution in [3.8, 4) is 0 Å². The molecule has 2 N–H and O–H groups in total. The highest BCUT2D eigenvalue weighted by molar-refractivity contribution is 6.06. The van der Waals surface area contributed by atoms with Gasteiger partial charge in [-0.15, -0.1) is 0 Å².